The van der Waals surface area contributed by atoms with Crippen molar-refractivity contribution in [2.24, 2.45) is 5.73 Å². The van der Waals surface area contributed by atoms with Crippen LogP contribution in [0, 0.1) is 0 Å². The van der Waals surface area contributed by atoms with Gasteiger partial charge in [0.1, 0.15) is 17.9 Å². The fraction of sp³-hybridized carbons (Fsp3) is 0.273. The summed E-state index contributed by atoms with van der Waals surface area (Å²) in [6.45, 7) is 1.69. The maximum Gasteiger partial charge on any atom is 0.139 e. The van der Waals surface area contributed by atoms with Gasteiger partial charge in [-0.2, -0.15) is 0 Å². The Balaban J connectivity index is 2.07. The van der Waals surface area contributed by atoms with Crippen LogP contribution in [-0.2, 0) is 0 Å². The van der Waals surface area contributed by atoms with Crippen LogP contribution in [0.3, 0.4) is 0 Å². The first-order chi connectivity index (χ1) is 8.28. The highest BCUT2D eigenvalue weighted by Gasteiger charge is 2.25. The zero-order chi connectivity index (χ0) is 11.8. The zero-order valence-electron chi connectivity index (χ0n) is 9.08. The van der Waals surface area contributed by atoms with Crippen molar-refractivity contribution in [1.82, 2.24) is 9.97 Å². The highest BCUT2D eigenvalue weighted by Crippen LogP contribution is 2.28. The van der Waals surface area contributed by atoms with E-state index in [1.165, 1.54) is 0 Å². The van der Waals surface area contributed by atoms with Crippen LogP contribution in [0.25, 0.3) is 10.9 Å². The second kappa shape index (κ2) is 4.05. The molecule has 0 atom stereocenters. The summed E-state index contributed by atoms with van der Waals surface area (Å²) in [5.74, 6) is 1.60. The number of hydrogen-bond acceptors (Lipinski definition) is 6. The van der Waals surface area contributed by atoms with Crippen LogP contribution in [0.4, 0.5) is 5.82 Å². The minimum atomic E-state index is 0.250. The molecule has 2 N–H and O–H groups in total. The lowest BCUT2D eigenvalue weighted by atomic mass is 10.1. The Kier molecular flexibility index (Phi) is 2.53. The minimum Gasteiger partial charge on any atom is -0.429 e. The summed E-state index contributed by atoms with van der Waals surface area (Å²) in [6, 6.07) is 5.88. The standard InChI is InChI=1S/C11H12N4OS/c12-7-4-15(5-7)11-9-2-1-8(16-17)3-10(9)13-6-14-11/h1-3,6-7,17H,4-5,12H2. The number of nitrogens with zero attached hydrogens (tertiary/aromatic N) is 3. The summed E-state index contributed by atoms with van der Waals surface area (Å²) in [6.07, 6.45) is 1.56. The van der Waals surface area contributed by atoms with Crippen molar-refractivity contribution >= 4 is 29.6 Å². The molecule has 0 amide bonds. The van der Waals surface area contributed by atoms with E-state index >= 15 is 0 Å². The summed E-state index contributed by atoms with van der Waals surface area (Å²) in [5, 5.41) is 1.01. The minimum absolute atomic E-state index is 0.250. The molecule has 0 unspecified atom stereocenters. The van der Waals surface area contributed by atoms with Gasteiger partial charge in [-0.25, -0.2) is 9.97 Å². The first-order valence-electron chi connectivity index (χ1n) is 5.34. The fourth-order valence-electron chi connectivity index (χ4n) is 2.02. The van der Waals surface area contributed by atoms with Crippen LogP contribution >= 0.6 is 12.9 Å². The predicted octanol–water partition coefficient (Wildman–Crippen LogP) is 1.00. The van der Waals surface area contributed by atoms with E-state index in [9.17, 15) is 0 Å². The summed E-state index contributed by atoms with van der Waals surface area (Å²) in [7, 11) is 0. The van der Waals surface area contributed by atoms with Gasteiger partial charge >= 0.3 is 0 Å². The van der Waals surface area contributed by atoms with Crippen molar-refractivity contribution in [3.05, 3.63) is 24.5 Å². The molecule has 17 heavy (non-hydrogen) atoms. The third kappa shape index (κ3) is 1.79. The molecule has 0 aliphatic carbocycles. The Morgan fingerprint density at radius 2 is 2.18 bits per heavy atom. The van der Waals surface area contributed by atoms with Crippen LogP contribution in [0.2, 0.25) is 0 Å². The molecule has 0 spiro atoms. The lowest BCUT2D eigenvalue weighted by Gasteiger charge is -2.38. The summed E-state index contributed by atoms with van der Waals surface area (Å²) in [4.78, 5) is 10.7. The van der Waals surface area contributed by atoms with Crippen molar-refractivity contribution in [2.75, 3.05) is 18.0 Å². The zero-order valence-corrected chi connectivity index (χ0v) is 9.97. The lowest BCUT2D eigenvalue weighted by Crippen LogP contribution is -2.56. The number of rotatable bonds is 2. The molecule has 1 aliphatic rings. The molecule has 1 aliphatic heterocycles. The van der Waals surface area contributed by atoms with Gasteiger partial charge < -0.3 is 14.8 Å². The molecule has 0 saturated carbocycles. The molecule has 0 bridgehead atoms. The SMILES string of the molecule is NC1CN(c2ncnc3cc(OS)ccc23)C1. The van der Waals surface area contributed by atoms with Crippen molar-refractivity contribution in [2.45, 2.75) is 6.04 Å². The van der Waals surface area contributed by atoms with Gasteiger partial charge in [-0.05, 0) is 12.1 Å². The highest BCUT2D eigenvalue weighted by molar-refractivity contribution is 7.75. The number of anilines is 1. The second-order valence-corrected chi connectivity index (χ2v) is 4.32. The summed E-state index contributed by atoms with van der Waals surface area (Å²) < 4.78 is 4.88. The fourth-order valence-corrected chi connectivity index (χ4v) is 2.13. The van der Waals surface area contributed by atoms with Gasteiger partial charge in [0, 0.05) is 43.5 Å². The van der Waals surface area contributed by atoms with E-state index in [-0.39, 0.29) is 6.04 Å². The van der Waals surface area contributed by atoms with E-state index < -0.39 is 0 Å². The van der Waals surface area contributed by atoms with Crippen LogP contribution in [-0.4, -0.2) is 29.1 Å². The van der Waals surface area contributed by atoms with Crippen LogP contribution < -0.4 is 14.8 Å². The second-order valence-electron chi connectivity index (χ2n) is 4.13. The Morgan fingerprint density at radius 1 is 1.35 bits per heavy atom. The van der Waals surface area contributed by atoms with Gasteiger partial charge in [-0.15, -0.1) is 0 Å². The number of hydrogen-bond donors (Lipinski definition) is 2. The lowest BCUT2D eigenvalue weighted by molar-refractivity contribution is 0.516. The van der Waals surface area contributed by atoms with Crippen LogP contribution in [0.1, 0.15) is 0 Å². The molecule has 2 aromatic rings. The van der Waals surface area contributed by atoms with E-state index in [0.29, 0.717) is 5.75 Å². The predicted molar refractivity (Wildman–Crippen MR) is 69.3 cm³/mol. The third-order valence-electron chi connectivity index (χ3n) is 2.90. The largest absolute Gasteiger partial charge is 0.429 e. The van der Waals surface area contributed by atoms with Crippen molar-refractivity contribution in [3.8, 4) is 5.75 Å². The maximum atomic E-state index is 5.78. The first kappa shape index (κ1) is 10.6. The molecule has 6 heteroatoms. The monoisotopic (exact) mass is 248 g/mol. The molecule has 1 fully saturated rings. The molecule has 0 radical (unpaired) electrons. The van der Waals surface area contributed by atoms with E-state index in [2.05, 4.69) is 27.8 Å². The topological polar surface area (TPSA) is 64.3 Å². The molecule has 88 valence electrons. The highest BCUT2D eigenvalue weighted by atomic mass is 32.1. The number of aromatic nitrogens is 2. The number of thiol groups is 1. The van der Waals surface area contributed by atoms with Gasteiger partial charge in [0.2, 0.25) is 0 Å². The summed E-state index contributed by atoms with van der Waals surface area (Å²) in [5.41, 5.74) is 6.63. The normalized spacial score (nSPS) is 16.0. The van der Waals surface area contributed by atoms with Crippen molar-refractivity contribution < 1.29 is 4.18 Å². The maximum absolute atomic E-state index is 5.78. The molecular weight excluding hydrogens is 236 g/mol. The average molecular weight is 248 g/mol. The van der Waals surface area contributed by atoms with Crippen LogP contribution in [0.15, 0.2) is 24.5 Å². The third-order valence-corrected chi connectivity index (χ3v) is 3.11. The average Bonchev–Trinajstić information content (AvgIpc) is 2.33. The molecule has 5 nitrogen and oxygen atoms in total. The Bertz CT molecular complexity index is 556. The first-order valence-corrected chi connectivity index (χ1v) is 5.71. The molecule has 3 rings (SSSR count). The van der Waals surface area contributed by atoms with E-state index in [4.69, 9.17) is 9.92 Å². The summed E-state index contributed by atoms with van der Waals surface area (Å²) >= 11 is 3.77. The van der Waals surface area contributed by atoms with Crippen molar-refractivity contribution in [3.63, 3.8) is 0 Å². The van der Waals surface area contributed by atoms with E-state index in [0.717, 1.165) is 29.8 Å². The number of benzene rings is 1. The smallest absolute Gasteiger partial charge is 0.139 e. The Hall–Kier alpha value is -1.53. The van der Waals surface area contributed by atoms with Gasteiger partial charge in [-0.1, -0.05) is 0 Å². The Labute approximate surface area is 104 Å². The van der Waals surface area contributed by atoms with Gasteiger partial charge in [0.15, 0.2) is 0 Å². The molecule has 1 saturated heterocycles. The van der Waals surface area contributed by atoms with Crippen LogP contribution in [0.5, 0.6) is 5.75 Å². The number of nitrogens with two attached hydrogens (primary N) is 1. The number of fused-ring (bicyclic) bond motifs is 1. The quantitative estimate of drug-likeness (QED) is 0.613. The van der Waals surface area contributed by atoms with Gasteiger partial charge in [0.25, 0.3) is 0 Å². The van der Waals surface area contributed by atoms with Crippen molar-refractivity contribution in [1.29, 1.82) is 0 Å². The molecular formula is C11H12N4OS. The van der Waals surface area contributed by atoms with Gasteiger partial charge in [-0.3, -0.25) is 0 Å². The van der Waals surface area contributed by atoms with Gasteiger partial charge in [0.05, 0.1) is 5.52 Å². The molecule has 1 aromatic carbocycles. The van der Waals surface area contributed by atoms with E-state index in [1.54, 1.807) is 6.33 Å². The van der Waals surface area contributed by atoms with E-state index in [1.807, 2.05) is 18.2 Å². The Morgan fingerprint density at radius 3 is 2.88 bits per heavy atom. The molecule has 1 aromatic heterocycles. The molecule has 2 heterocycles.